The van der Waals surface area contributed by atoms with Crippen LogP contribution < -0.4 is 4.72 Å². The average molecular weight is 424 g/mol. The molecule has 0 bridgehead atoms. The van der Waals surface area contributed by atoms with Crippen LogP contribution in [0.15, 0.2) is 47.4 Å². The first-order valence-corrected chi connectivity index (χ1v) is 10.3. The van der Waals surface area contributed by atoms with Gasteiger partial charge in [0.2, 0.25) is 0 Å². The van der Waals surface area contributed by atoms with E-state index in [1.54, 1.807) is 13.8 Å². The summed E-state index contributed by atoms with van der Waals surface area (Å²) < 4.78 is 40.3. The monoisotopic (exact) mass is 423 g/mol. The summed E-state index contributed by atoms with van der Waals surface area (Å²) in [5.41, 5.74) is 0.259. The van der Waals surface area contributed by atoms with Gasteiger partial charge in [-0.2, -0.15) is 5.26 Å². The molecule has 0 saturated carbocycles. The second-order valence-corrected chi connectivity index (χ2v) is 8.22. The zero-order chi connectivity index (χ0) is 20.9. The van der Waals surface area contributed by atoms with E-state index in [9.17, 15) is 17.6 Å². The van der Waals surface area contributed by atoms with Crippen LogP contribution in [0.3, 0.4) is 0 Å². The van der Waals surface area contributed by atoms with Crippen molar-refractivity contribution >= 4 is 33.2 Å². The van der Waals surface area contributed by atoms with Crippen LogP contribution in [-0.2, 0) is 10.0 Å². The Morgan fingerprint density at radius 3 is 2.50 bits per heavy atom. The van der Waals surface area contributed by atoms with Crippen LogP contribution in [0.25, 0.3) is 0 Å². The zero-order valence-electron chi connectivity index (χ0n) is 15.3. The quantitative estimate of drug-likeness (QED) is 0.731. The number of nitrogens with one attached hydrogen (secondary N) is 1. The summed E-state index contributed by atoms with van der Waals surface area (Å²) in [5.74, 6) is -1.24. The largest absolute Gasteiger partial charge is 0.338 e. The number of sulfonamides is 1. The van der Waals surface area contributed by atoms with Gasteiger partial charge in [0.05, 0.1) is 27.6 Å². The van der Waals surface area contributed by atoms with E-state index in [4.69, 9.17) is 16.9 Å². The number of rotatable bonds is 7. The van der Waals surface area contributed by atoms with E-state index < -0.39 is 15.8 Å². The lowest BCUT2D eigenvalue weighted by atomic mass is 10.1. The van der Waals surface area contributed by atoms with Crippen LogP contribution in [0.1, 0.15) is 24.2 Å². The average Bonchev–Trinajstić information content (AvgIpc) is 2.67. The summed E-state index contributed by atoms with van der Waals surface area (Å²) in [6.45, 7) is 4.14. The van der Waals surface area contributed by atoms with Crippen LogP contribution in [0.4, 0.5) is 10.1 Å². The molecule has 2 aromatic carbocycles. The third-order valence-corrected chi connectivity index (χ3v) is 5.68. The van der Waals surface area contributed by atoms with Gasteiger partial charge in [0.15, 0.2) is 0 Å². The van der Waals surface area contributed by atoms with Gasteiger partial charge in [-0.05, 0) is 56.3 Å². The van der Waals surface area contributed by atoms with Crippen molar-refractivity contribution < 1.29 is 17.6 Å². The fourth-order valence-corrected chi connectivity index (χ4v) is 3.76. The van der Waals surface area contributed by atoms with Gasteiger partial charge in [-0.15, -0.1) is 0 Å². The first-order chi connectivity index (χ1) is 13.2. The van der Waals surface area contributed by atoms with Gasteiger partial charge in [-0.25, -0.2) is 12.8 Å². The first kappa shape index (κ1) is 21.7. The highest BCUT2D eigenvalue weighted by Gasteiger charge is 2.20. The molecule has 0 aromatic heterocycles. The lowest BCUT2D eigenvalue weighted by Gasteiger charge is -2.22. The summed E-state index contributed by atoms with van der Waals surface area (Å²) in [6, 6.07) is 10.6. The van der Waals surface area contributed by atoms with E-state index in [0.29, 0.717) is 6.54 Å². The molecule has 1 atom stereocenters. The van der Waals surface area contributed by atoms with Crippen LogP contribution in [0.5, 0.6) is 0 Å². The fraction of sp³-hybridized carbons (Fsp3) is 0.263. The van der Waals surface area contributed by atoms with Gasteiger partial charge in [0.25, 0.3) is 15.9 Å². The Labute approximate surface area is 168 Å². The molecule has 28 heavy (non-hydrogen) atoms. The van der Waals surface area contributed by atoms with Crippen molar-refractivity contribution in [2.45, 2.75) is 18.7 Å². The van der Waals surface area contributed by atoms with Crippen LogP contribution in [-0.4, -0.2) is 32.3 Å². The molecule has 9 heteroatoms. The van der Waals surface area contributed by atoms with Gasteiger partial charge >= 0.3 is 0 Å². The third-order valence-electron chi connectivity index (χ3n) is 3.97. The van der Waals surface area contributed by atoms with Gasteiger partial charge in [-0.3, -0.25) is 9.52 Å². The molecule has 0 aliphatic heterocycles. The normalized spacial score (nSPS) is 12.1. The van der Waals surface area contributed by atoms with E-state index in [1.165, 1.54) is 23.1 Å². The van der Waals surface area contributed by atoms with Gasteiger partial charge < -0.3 is 4.90 Å². The second-order valence-electron chi connectivity index (χ2n) is 6.13. The topological polar surface area (TPSA) is 90.3 Å². The second kappa shape index (κ2) is 9.04. The van der Waals surface area contributed by atoms with Gasteiger partial charge in [0.1, 0.15) is 5.82 Å². The summed E-state index contributed by atoms with van der Waals surface area (Å²) in [5, 5.41) is 9.07. The number of amides is 1. The predicted molar refractivity (Wildman–Crippen MR) is 105 cm³/mol. The van der Waals surface area contributed by atoms with Crippen molar-refractivity contribution in [1.29, 1.82) is 5.26 Å². The van der Waals surface area contributed by atoms with Crippen molar-refractivity contribution in [3.05, 3.63) is 58.9 Å². The maximum Gasteiger partial charge on any atom is 0.261 e. The minimum atomic E-state index is -4.01. The number of halogens is 2. The maximum atomic E-state index is 13.0. The lowest BCUT2D eigenvalue weighted by molar-refractivity contribution is 0.0752. The SMILES string of the molecule is CCN(CC(C)C#N)C(=O)c1ccc(Cl)c(NS(=O)(=O)c2ccc(F)cc2)c1. The Balaban J connectivity index is 2.31. The minimum absolute atomic E-state index is 0.0289. The minimum Gasteiger partial charge on any atom is -0.338 e. The van der Waals surface area contributed by atoms with Crippen molar-refractivity contribution in [2.24, 2.45) is 5.92 Å². The van der Waals surface area contributed by atoms with E-state index >= 15 is 0 Å². The molecule has 2 aromatic rings. The maximum absolute atomic E-state index is 13.0. The van der Waals surface area contributed by atoms with Crippen molar-refractivity contribution in [2.75, 3.05) is 17.8 Å². The fourth-order valence-electron chi connectivity index (χ4n) is 2.46. The van der Waals surface area contributed by atoms with Crippen LogP contribution in [0.2, 0.25) is 5.02 Å². The molecule has 148 valence electrons. The van der Waals surface area contributed by atoms with E-state index in [-0.39, 0.29) is 39.5 Å². The molecule has 2 rings (SSSR count). The first-order valence-electron chi connectivity index (χ1n) is 8.44. The van der Waals surface area contributed by atoms with Crippen molar-refractivity contribution in [1.82, 2.24) is 4.90 Å². The highest BCUT2D eigenvalue weighted by molar-refractivity contribution is 7.92. The number of nitrogens with zero attached hydrogens (tertiary/aromatic N) is 2. The number of hydrogen-bond acceptors (Lipinski definition) is 4. The predicted octanol–water partition coefficient (Wildman–Crippen LogP) is 3.90. The highest BCUT2D eigenvalue weighted by atomic mass is 35.5. The van der Waals surface area contributed by atoms with Crippen LogP contribution in [0, 0.1) is 23.1 Å². The number of carbonyl (C=O) groups excluding carboxylic acids is 1. The molecule has 0 aliphatic rings. The molecule has 0 aliphatic carbocycles. The van der Waals surface area contributed by atoms with Gasteiger partial charge in [0, 0.05) is 18.7 Å². The molecule has 0 fully saturated rings. The molecule has 6 nitrogen and oxygen atoms in total. The number of anilines is 1. The Bertz CT molecular complexity index is 1000. The van der Waals surface area contributed by atoms with E-state index in [2.05, 4.69) is 10.8 Å². The zero-order valence-corrected chi connectivity index (χ0v) is 16.9. The Morgan fingerprint density at radius 2 is 1.93 bits per heavy atom. The molecular formula is C19H19ClFN3O3S. The van der Waals surface area contributed by atoms with E-state index in [1.807, 2.05) is 0 Å². The smallest absolute Gasteiger partial charge is 0.261 e. The Hall–Kier alpha value is -2.63. The Kier molecular flexibility index (Phi) is 7.00. The summed E-state index contributed by atoms with van der Waals surface area (Å²) in [7, 11) is -4.01. The van der Waals surface area contributed by atoms with Crippen molar-refractivity contribution in [3.63, 3.8) is 0 Å². The standard InChI is InChI=1S/C19H19ClFN3O3S/c1-3-24(12-13(2)11-22)19(25)14-4-9-17(20)18(10-14)23-28(26,27)16-7-5-15(21)6-8-16/h4-10,13,23H,3,12H2,1-2H3. The molecule has 0 heterocycles. The number of carbonyl (C=O) groups is 1. The van der Waals surface area contributed by atoms with Crippen LogP contribution >= 0.6 is 11.6 Å². The summed E-state index contributed by atoms with van der Waals surface area (Å²) in [4.78, 5) is 14.1. The van der Waals surface area contributed by atoms with Crippen molar-refractivity contribution in [3.8, 4) is 6.07 Å². The van der Waals surface area contributed by atoms with Gasteiger partial charge in [-0.1, -0.05) is 11.6 Å². The number of benzene rings is 2. The molecule has 0 saturated heterocycles. The summed E-state index contributed by atoms with van der Waals surface area (Å²) >= 11 is 6.08. The molecular weight excluding hydrogens is 405 g/mol. The molecule has 0 spiro atoms. The molecule has 1 amide bonds. The summed E-state index contributed by atoms with van der Waals surface area (Å²) in [6.07, 6.45) is 0. The Morgan fingerprint density at radius 1 is 1.29 bits per heavy atom. The molecule has 0 radical (unpaired) electrons. The number of nitriles is 1. The lowest BCUT2D eigenvalue weighted by Crippen LogP contribution is -2.34. The van der Waals surface area contributed by atoms with E-state index in [0.717, 1.165) is 24.3 Å². The molecule has 1 N–H and O–H groups in total. The highest BCUT2D eigenvalue weighted by Crippen LogP contribution is 2.26. The molecule has 1 unspecified atom stereocenters. The third kappa shape index (κ3) is 5.21. The number of hydrogen-bond donors (Lipinski definition) is 1.